The van der Waals surface area contributed by atoms with Gasteiger partial charge in [-0.15, -0.1) is 11.3 Å². The van der Waals surface area contributed by atoms with Crippen LogP contribution in [-0.4, -0.2) is 29.9 Å². The number of piperidine rings is 1. The number of carbonyl (C=O) groups is 1. The Bertz CT molecular complexity index is 510. The molecule has 1 aliphatic carbocycles. The molecule has 3 rings (SSSR count). The highest BCUT2D eigenvalue weighted by Crippen LogP contribution is 2.36. The van der Waals surface area contributed by atoms with Gasteiger partial charge in [-0.3, -0.25) is 10.1 Å². The van der Waals surface area contributed by atoms with Crippen molar-refractivity contribution in [2.24, 2.45) is 0 Å². The van der Waals surface area contributed by atoms with Gasteiger partial charge in [-0.05, 0) is 79.7 Å². The van der Waals surface area contributed by atoms with Gasteiger partial charge in [-0.2, -0.15) is 0 Å². The summed E-state index contributed by atoms with van der Waals surface area (Å²) in [6, 6.07) is 2.59. The lowest BCUT2D eigenvalue weighted by molar-refractivity contribution is -0.134. The molecule has 3 nitrogen and oxygen atoms in total. The van der Waals surface area contributed by atoms with Gasteiger partial charge >= 0.3 is 0 Å². The predicted molar refractivity (Wildman–Crippen MR) is 95.7 cm³/mol. The third kappa shape index (κ3) is 3.62. The molecule has 2 unspecified atom stereocenters. The standard InChI is InChI=1S/C16H23IN2OS/c1-11(16(20)19-8-3-2-4-9-19)18-13-6-5-7-14-12(13)10-15(17)21-14/h10-11,13,18H,2-9H2,1H3. The highest BCUT2D eigenvalue weighted by Gasteiger charge is 2.28. The van der Waals surface area contributed by atoms with Crippen molar-refractivity contribution in [2.45, 2.75) is 57.5 Å². The van der Waals surface area contributed by atoms with Crippen LogP contribution in [0.4, 0.5) is 0 Å². The maximum absolute atomic E-state index is 12.6. The van der Waals surface area contributed by atoms with Crippen molar-refractivity contribution in [2.75, 3.05) is 13.1 Å². The van der Waals surface area contributed by atoms with Crippen LogP contribution in [0.25, 0.3) is 0 Å². The molecule has 5 heteroatoms. The minimum Gasteiger partial charge on any atom is -0.341 e. The van der Waals surface area contributed by atoms with E-state index in [0.29, 0.717) is 6.04 Å². The van der Waals surface area contributed by atoms with E-state index in [1.54, 1.807) is 0 Å². The molecule has 0 radical (unpaired) electrons. The number of thiophene rings is 1. The Morgan fingerprint density at radius 1 is 1.38 bits per heavy atom. The van der Waals surface area contributed by atoms with Gasteiger partial charge in [0, 0.05) is 24.0 Å². The molecule has 0 bridgehead atoms. The number of hydrogen-bond donors (Lipinski definition) is 1. The Labute approximate surface area is 144 Å². The third-order valence-electron chi connectivity index (χ3n) is 4.57. The lowest BCUT2D eigenvalue weighted by Gasteiger charge is -2.32. The fourth-order valence-electron chi connectivity index (χ4n) is 3.46. The van der Waals surface area contributed by atoms with Crippen molar-refractivity contribution < 1.29 is 4.79 Å². The Hall–Kier alpha value is -0.140. The first-order chi connectivity index (χ1) is 10.1. The third-order valence-corrected chi connectivity index (χ3v) is 6.54. The molecule has 116 valence electrons. The van der Waals surface area contributed by atoms with Gasteiger partial charge in [0.25, 0.3) is 0 Å². The van der Waals surface area contributed by atoms with E-state index in [1.807, 2.05) is 23.2 Å². The molecular formula is C16H23IN2OS. The number of rotatable bonds is 3. The van der Waals surface area contributed by atoms with Crippen LogP contribution < -0.4 is 5.32 Å². The minimum atomic E-state index is -0.0726. The van der Waals surface area contributed by atoms with E-state index in [4.69, 9.17) is 0 Å². The summed E-state index contributed by atoms with van der Waals surface area (Å²) in [6.45, 7) is 3.91. The maximum Gasteiger partial charge on any atom is 0.239 e. The Morgan fingerprint density at radius 3 is 2.90 bits per heavy atom. The zero-order valence-corrected chi connectivity index (χ0v) is 15.5. The summed E-state index contributed by atoms with van der Waals surface area (Å²) in [5.41, 5.74) is 1.44. The summed E-state index contributed by atoms with van der Waals surface area (Å²) in [7, 11) is 0. The molecule has 1 amide bonds. The number of fused-ring (bicyclic) bond motifs is 1. The molecule has 2 heterocycles. The van der Waals surface area contributed by atoms with Crippen LogP contribution in [-0.2, 0) is 11.2 Å². The number of carbonyl (C=O) groups excluding carboxylic acids is 1. The van der Waals surface area contributed by atoms with E-state index in [0.717, 1.165) is 32.4 Å². The van der Waals surface area contributed by atoms with E-state index in [1.165, 1.54) is 32.6 Å². The van der Waals surface area contributed by atoms with Crippen LogP contribution in [0, 0.1) is 2.88 Å². The van der Waals surface area contributed by atoms with Gasteiger partial charge in [0.2, 0.25) is 5.91 Å². The Morgan fingerprint density at radius 2 is 2.14 bits per heavy atom. The molecule has 1 aliphatic heterocycles. The summed E-state index contributed by atoms with van der Waals surface area (Å²) in [6.07, 6.45) is 7.17. The van der Waals surface area contributed by atoms with Crippen LogP contribution >= 0.6 is 33.9 Å². The maximum atomic E-state index is 12.6. The molecule has 21 heavy (non-hydrogen) atoms. The molecule has 1 fully saturated rings. The second-order valence-electron chi connectivity index (χ2n) is 6.15. The van der Waals surface area contributed by atoms with Gasteiger partial charge in [0.1, 0.15) is 0 Å². The number of halogens is 1. The lowest BCUT2D eigenvalue weighted by Crippen LogP contribution is -2.48. The highest BCUT2D eigenvalue weighted by atomic mass is 127. The first-order valence-corrected chi connectivity index (χ1v) is 9.87. The summed E-state index contributed by atoms with van der Waals surface area (Å²) in [5, 5.41) is 3.60. The zero-order chi connectivity index (χ0) is 14.8. The van der Waals surface area contributed by atoms with E-state index in [-0.39, 0.29) is 11.9 Å². The smallest absolute Gasteiger partial charge is 0.239 e. The van der Waals surface area contributed by atoms with Crippen molar-refractivity contribution >= 4 is 39.8 Å². The van der Waals surface area contributed by atoms with Crippen molar-refractivity contribution in [3.8, 4) is 0 Å². The quantitative estimate of drug-likeness (QED) is 0.759. The molecule has 1 aromatic heterocycles. The first-order valence-electron chi connectivity index (χ1n) is 7.98. The number of aryl methyl sites for hydroxylation is 1. The molecule has 0 saturated carbocycles. The molecular weight excluding hydrogens is 395 g/mol. The molecule has 1 N–H and O–H groups in total. The number of hydrogen-bond acceptors (Lipinski definition) is 3. The first kappa shape index (κ1) is 15.7. The topological polar surface area (TPSA) is 32.3 Å². The number of nitrogens with one attached hydrogen (secondary N) is 1. The number of nitrogens with zero attached hydrogens (tertiary/aromatic N) is 1. The Balaban J connectivity index is 1.64. The van der Waals surface area contributed by atoms with Crippen LogP contribution in [0.2, 0.25) is 0 Å². The van der Waals surface area contributed by atoms with Crippen LogP contribution in [0.3, 0.4) is 0 Å². The van der Waals surface area contributed by atoms with Crippen molar-refractivity contribution in [3.63, 3.8) is 0 Å². The average Bonchev–Trinajstić information content (AvgIpc) is 2.88. The Kier molecular flexibility index (Phi) is 5.22. The fourth-order valence-corrected chi connectivity index (χ4v) is 5.58. The molecule has 2 aliphatic rings. The minimum absolute atomic E-state index is 0.0726. The molecule has 1 aromatic rings. The summed E-state index contributed by atoms with van der Waals surface area (Å²) in [4.78, 5) is 16.1. The fraction of sp³-hybridized carbons (Fsp3) is 0.688. The molecule has 0 spiro atoms. The summed E-state index contributed by atoms with van der Waals surface area (Å²) in [5.74, 6) is 0.284. The van der Waals surface area contributed by atoms with Gasteiger partial charge in [0.05, 0.1) is 8.93 Å². The van der Waals surface area contributed by atoms with Crippen molar-refractivity contribution in [3.05, 3.63) is 19.4 Å². The van der Waals surface area contributed by atoms with E-state index >= 15 is 0 Å². The van der Waals surface area contributed by atoms with Crippen molar-refractivity contribution in [1.82, 2.24) is 10.2 Å². The van der Waals surface area contributed by atoms with Crippen LogP contribution in [0.1, 0.15) is 55.5 Å². The molecule has 0 aromatic carbocycles. The van der Waals surface area contributed by atoms with E-state index in [2.05, 4.69) is 34.0 Å². The predicted octanol–water partition coefficient (Wildman–Crippen LogP) is 3.72. The highest BCUT2D eigenvalue weighted by molar-refractivity contribution is 14.1. The second-order valence-corrected chi connectivity index (χ2v) is 9.18. The van der Waals surface area contributed by atoms with Crippen molar-refractivity contribution in [1.29, 1.82) is 0 Å². The van der Waals surface area contributed by atoms with E-state index in [9.17, 15) is 4.79 Å². The van der Waals surface area contributed by atoms with E-state index < -0.39 is 0 Å². The van der Waals surface area contributed by atoms with Crippen LogP contribution in [0.15, 0.2) is 6.07 Å². The second kappa shape index (κ2) is 6.96. The van der Waals surface area contributed by atoms with Gasteiger partial charge in [-0.1, -0.05) is 0 Å². The van der Waals surface area contributed by atoms with Gasteiger partial charge in [0.15, 0.2) is 0 Å². The number of likely N-dealkylation sites (tertiary alicyclic amines) is 1. The number of amides is 1. The SMILES string of the molecule is CC(NC1CCCc2sc(I)cc21)C(=O)N1CCCCC1. The molecule has 1 saturated heterocycles. The zero-order valence-electron chi connectivity index (χ0n) is 12.5. The summed E-state index contributed by atoms with van der Waals surface area (Å²) >= 11 is 4.32. The normalized spacial score (nSPS) is 23.7. The van der Waals surface area contributed by atoms with Gasteiger partial charge in [-0.25, -0.2) is 0 Å². The molecule has 2 atom stereocenters. The average molecular weight is 418 g/mol. The monoisotopic (exact) mass is 418 g/mol. The van der Waals surface area contributed by atoms with Gasteiger partial charge < -0.3 is 4.90 Å². The largest absolute Gasteiger partial charge is 0.341 e. The summed E-state index contributed by atoms with van der Waals surface area (Å²) < 4.78 is 1.36. The van der Waals surface area contributed by atoms with Crippen LogP contribution in [0.5, 0.6) is 0 Å². The lowest BCUT2D eigenvalue weighted by atomic mass is 9.93.